The van der Waals surface area contributed by atoms with Gasteiger partial charge in [-0.15, -0.1) is 0 Å². The number of hydrogen-bond donors (Lipinski definition) is 1. The van der Waals surface area contributed by atoms with Gasteiger partial charge >= 0.3 is 11.9 Å². The molecule has 4 nitrogen and oxygen atoms in total. The molecule has 0 aromatic rings. The van der Waals surface area contributed by atoms with Gasteiger partial charge in [-0.3, -0.25) is 0 Å². The van der Waals surface area contributed by atoms with Gasteiger partial charge in [-0.2, -0.15) is 0 Å². The molecule has 0 radical (unpaired) electrons. The highest BCUT2D eigenvalue weighted by molar-refractivity contribution is 5.90. The molecule has 0 spiro atoms. The molecule has 1 N–H and O–H groups in total. The highest BCUT2D eigenvalue weighted by Gasteiger charge is 1.96. The lowest BCUT2D eigenvalue weighted by Crippen LogP contribution is -2.02. The molecular formula is C10H12O4. The first kappa shape index (κ1) is 12.2. The SMILES string of the molecule is C=C/C=C/CCOC(=O)/C=C\C(=O)O. The lowest BCUT2D eigenvalue weighted by atomic mass is 10.4. The van der Waals surface area contributed by atoms with E-state index in [4.69, 9.17) is 5.11 Å². The predicted molar refractivity (Wildman–Crippen MR) is 51.7 cm³/mol. The molecule has 0 saturated heterocycles. The molecule has 0 fully saturated rings. The van der Waals surface area contributed by atoms with Crippen LogP contribution in [-0.4, -0.2) is 23.7 Å². The maximum absolute atomic E-state index is 10.8. The first-order valence-electron chi connectivity index (χ1n) is 4.02. The van der Waals surface area contributed by atoms with Gasteiger partial charge in [0, 0.05) is 12.2 Å². The molecule has 0 aliphatic carbocycles. The third-order valence-corrected chi connectivity index (χ3v) is 1.16. The summed E-state index contributed by atoms with van der Waals surface area (Å²) >= 11 is 0. The quantitative estimate of drug-likeness (QED) is 0.301. The highest BCUT2D eigenvalue weighted by atomic mass is 16.5. The van der Waals surface area contributed by atoms with E-state index in [1.54, 1.807) is 18.2 Å². The van der Waals surface area contributed by atoms with Crippen LogP contribution in [0.15, 0.2) is 37.0 Å². The first-order valence-corrected chi connectivity index (χ1v) is 4.02. The molecular weight excluding hydrogens is 184 g/mol. The van der Waals surface area contributed by atoms with Gasteiger partial charge in [-0.05, 0) is 6.42 Å². The van der Waals surface area contributed by atoms with Gasteiger partial charge in [0.15, 0.2) is 0 Å². The number of aliphatic carboxylic acids is 1. The number of carbonyl (C=O) groups excluding carboxylic acids is 1. The Bertz CT molecular complexity index is 263. The van der Waals surface area contributed by atoms with Crippen LogP contribution in [0.1, 0.15) is 6.42 Å². The van der Waals surface area contributed by atoms with Crippen LogP contribution in [0.4, 0.5) is 0 Å². The third kappa shape index (κ3) is 8.26. The molecule has 0 heterocycles. The van der Waals surface area contributed by atoms with Crippen LogP contribution in [0.25, 0.3) is 0 Å². The molecule has 0 atom stereocenters. The van der Waals surface area contributed by atoms with Crippen LogP contribution in [0.5, 0.6) is 0 Å². The van der Waals surface area contributed by atoms with Gasteiger partial charge in [-0.25, -0.2) is 9.59 Å². The van der Waals surface area contributed by atoms with E-state index in [-0.39, 0.29) is 6.61 Å². The lowest BCUT2D eigenvalue weighted by molar-refractivity contribution is -0.138. The van der Waals surface area contributed by atoms with E-state index in [1.165, 1.54) is 0 Å². The van der Waals surface area contributed by atoms with Gasteiger partial charge < -0.3 is 9.84 Å². The van der Waals surface area contributed by atoms with Crippen molar-refractivity contribution >= 4 is 11.9 Å². The summed E-state index contributed by atoms with van der Waals surface area (Å²) in [5, 5.41) is 8.19. The van der Waals surface area contributed by atoms with Crippen molar-refractivity contribution in [2.45, 2.75) is 6.42 Å². The molecule has 0 aliphatic heterocycles. The maximum Gasteiger partial charge on any atom is 0.331 e. The second-order valence-electron chi connectivity index (χ2n) is 2.29. The molecule has 0 aromatic carbocycles. The normalized spacial score (nSPS) is 10.6. The van der Waals surface area contributed by atoms with Gasteiger partial charge in [0.2, 0.25) is 0 Å². The predicted octanol–water partition coefficient (Wildman–Crippen LogP) is 1.30. The number of rotatable bonds is 6. The minimum Gasteiger partial charge on any atom is -0.478 e. The van der Waals surface area contributed by atoms with E-state index in [0.29, 0.717) is 6.42 Å². The Morgan fingerprint density at radius 1 is 1.36 bits per heavy atom. The number of carboxylic acids is 1. The van der Waals surface area contributed by atoms with Crippen LogP contribution < -0.4 is 0 Å². The molecule has 76 valence electrons. The number of allylic oxidation sites excluding steroid dienone is 2. The molecule has 0 saturated carbocycles. The summed E-state index contributed by atoms with van der Waals surface area (Å²) in [5.74, 6) is -1.83. The van der Waals surface area contributed by atoms with E-state index >= 15 is 0 Å². The molecule has 14 heavy (non-hydrogen) atoms. The van der Waals surface area contributed by atoms with Crippen LogP contribution in [0, 0.1) is 0 Å². The van der Waals surface area contributed by atoms with E-state index in [9.17, 15) is 9.59 Å². The van der Waals surface area contributed by atoms with Crippen molar-refractivity contribution in [1.29, 1.82) is 0 Å². The van der Waals surface area contributed by atoms with E-state index in [0.717, 1.165) is 12.2 Å². The fraction of sp³-hybridized carbons (Fsp3) is 0.200. The van der Waals surface area contributed by atoms with Crippen molar-refractivity contribution in [3.8, 4) is 0 Å². The van der Waals surface area contributed by atoms with E-state index < -0.39 is 11.9 Å². The lowest BCUT2D eigenvalue weighted by Gasteiger charge is -1.96. The average Bonchev–Trinajstić information content (AvgIpc) is 2.14. The summed E-state index contributed by atoms with van der Waals surface area (Å²) in [4.78, 5) is 20.8. The summed E-state index contributed by atoms with van der Waals surface area (Å²) in [7, 11) is 0. The zero-order chi connectivity index (χ0) is 10.8. The summed E-state index contributed by atoms with van der Waals surface area (Å²) in [5.41, 5.74) is 0. The minimum absolute atomic E-state index is 0.229. The molecule has 0 aliphatic rings. The maximum atomic E-state index is 10.8. The van der Waals surface area contributed by atoms with Gasteiger partial charge in [0.1, 0.15) is 0 Å². The molecule has 0 bridgehead atoms. The Balaban J connectivity index is 3.59. The van der Waals surface area contributed by atoms with Crippen LogP contribution in [-0.2, 0) is 14.3 Å². The van der Waals surface area contributed by atoms with Crippen LogP contribution in [0.2, 0.25) is 0 Å². The first-order chi connectivity index (χ1) is 6.66. The Morgan fingerprint density at radius 2 is 2.07 bits per heavy atom. The van der Waals surface area contributed by atoms with Gasteiger partial charge in [0.05, 0.1) is 6.61 Å². The average molecular weight is 196 g/mol. The number of hydrogen-bond acceptors (Lipinski definition) is 3. The molecule has 0 amide bonds. The van der Waals surface area contributed by atoms with Crippen molar-refractivity contribution in [2.24, 2.45) is 0 Å². The van der Waals surface area contributed by atoms with Gasteiger partial charge in [-0.1, -0.05) is 24.8 Å². The topological polar surface area (TPSA) is 63.6 Å². The number of ether oxygens (including phenoxy) is 1. The summed E-state index contributed by atoms with van der Waals surface area (Å²) < 4.78 is 4.66. The Morgan fingerprint density at radius 3 is 2.64 bits per heavy atom. The standard InChI is InChI=1S/C10H12O4/c1-2-3-4-5-8-14-10(13)7-6-9(11)12/h2-4,6-7H,1,5,8H2,(H,11,12)/b4-3+,7-6-. The Kier molecular flexibility index (Phi) is 6.77. The zero-order valence-corrected chi connectivity index (χ0v) is 7.68. The Labute approximate surface area is 82.2 Å². The van der Waals surface area contributed by atoms with Crippen molar-refractivity contribution in [3.05, 3.63) is 37.0 Å². The van der Waals surface area contributed by atoms with Gasteiger partial charge in [0.25, 0.3) is 0 Å². The smallest absolute Gasteiger partial charge is 0.331 e. The summed E-state index contributed by atoms with van der Waals surface area (Å²) in [6, 6.07) is 0. The third-order valence-electron chi connectivity index (χ3n) is 1.16. The van der Waals surface area contributed by atoms with Crippen molar-refractivity contribution in [3.63, 3.8) is 0 Å². The molecule has 0 aromatic heterocycles. The number of esters is 1. The highest BCUT2D eigenvalue weighted by Crippen LogP contribution is 1.88. The molecule has 4 heteroatoms. The summed E-state index contributed by atoms with van der Waals surface area (Å²) in [6.45, 7) is 3.70. The van der Waals surface area contributed by atoms with Crippen molar-refractivity contribution < 1.29 is 19.4 Å². The largest absolute Gasteiger partial charge is 0.478 e. The summed E-state index contributed by atoms with van der Waals surface area (Å²) in [6.07, 6.45) is 7.34. The second kappa shape index (κ2) is 7.79. The van der Waals surface area contributed by atoms with Crippen molar-refractivity contribution in [1.82, 2.24) is 0 Å². The van der Waals surface area contributed by atoms with E-state index in [2.05, 4.69) is 11.3 Å². The fourth-order valence-electron chi connectivity index (χ4n) is 0.607. The molecule has 0 unspecified atom stereocenters. The minimum atomic E-state index is -1.17. The van der Waals surface area contributed by atoms with Crippen LogP contribution in [0.3, 0.4) is 0 Å². The number of carboxylic acid groups (broad SMARTS) is 1. The van der Waals surface area contributed by atoms with Crippen LogP contribution >= 0.6 is 0 Å². The molecule has 0 rings (SSSR count). The number of carbonyl (C=O) groups is 2. The van der Waals surface area contributed by atoms with Crippen molar-refractivity contribution in [2.75, 3.05) is 6.61 Å². The second-order valence-corrected chi connectivity index (χ2v) is 2.29. The zero-order valence-electron chi connectivity index (χ0n) is 7.68. The Hall–Kier alpha value is -1.84. The van der Waals surface area contributed by atoms with E-state index in [1.807, 2.05) is 0 Å². The fourth-order valence-corrected chi connectivity index (χ4v) is 0.607. The monoisotopic (exact) mass is 196 g/mol.